The summed E-state index contributed by atoms with van der Waals surface area (Å²) in [5.74, 6) is 1.52. The number of piperidine rings is 1. The van der Waals surface area contributed by atoms with Crippen LogP contribution in [0, 0.1) is 5.92 Å². The second kappa shape index (κ2) is 10.6. The standard InChI is InChI=1S/C21H32N2OS2/c1-25-20-9-5-2-6-18(20)15-23-12-10-17(11-13-23)14-22-21(24)16-26-19-7-3-4-8-19/h2,5-6,9,17,19H,3-4,7-8,10-16H2,1H3,(H,22,24). The van der Waals surface area contributed by atoms with Crippen molar-refractivity contribution in [1.82, 2.24) is 10.2 Å². The van der Waals surface area contributed by atoms with Crippen LogP contribution >= 0.6 is 23.5 Å². The molecule has 0 spiro atoms. The molecular weight excluding hydrogens is 360 g/mol. The third-order valence-electron chi connectivity index (χ3n) is 5.63. The molecule has 1 saturated carbocycles. The van der Waals surface area contributed by atoms with Crippen molar-refractivity contribution in [1.29, 1.82) is 0 Å². The lowest BCUT2D eigenvalue weighted by Gasteiger charge is -2.32. The van der Waals surface area contributed by atoms with Crippen LogP contribution in [0.2, 0.25) is 0 Å². The highest BCUT2D eigenvalue weighted by molar-refractivity contribution is 8.00. The van der Waals surface area contributed by atoms with E-state index in [0.29, 0.717) is 11.7 Å². The Morgan fingerprint density at radius 2 is 1.88 bits per heavy atom. The molecule has 0 aromatic heterocycles. The molecule has 1 saturated heterocycles. The Kier molecular flexibility index (Phi) is 8.21. The van der Waals surface area contributed by atoms with Crippen LogP contribution in [0.25, 0.3) is 0 Å². The first kappa shape index (κ1) is 20.1. The maximum atomic E-state index is 12.1. The first-order valence-electron chi connectivity index (χ1n) is 9.97. The number of hydrogen-bond acceptors (Lipinski definition) is 4. The quantitative estimate of drug-likeness (QED) is 0.664. The van der Waals surface area contributed by atoms with Crippen molar-refractivity contribution < 1.29 is 4.79 Å². The number of nitrogens with zero attached hydrogens (tertiary/aromatic N) is 1. The molecule has 1 amide bonds. The average molecular weight is 393 g/mol. The highest BCUT2D eigenvalue weighted by atomic mass is 32.2. The van der Waals surface area contributed by atoms with Crippen molar-refractivity contribution in [2.24, 2.45) is 5.92 Å². The van der Waals surface area contributed by atoms with E-state index in [-0.39, 0.29) is 5.91 Å². The summed E-state index contributed by atoms with van der Waals surface area (Å²) >= 11 is 3.69. The molecule has 1 heterocycles. The molecule has 2 fully saturated rings. The van der Waals surface area contributed by atoms with E-state index in [9.17, 15) is 4.79 Å². The van der Waals surface area contributed by atoms with E-state index in [2.05, 4.69) is 40.7 Å². The van der Waals surface area contributed by atoms with Gasteiger partial charge in [0.25, 0.3) is 0 Å². The Labute approximate surface area is 167 Å². The molecule has 0 bridgehead atoms. The lowest BCUT2D eigenvalue weighted by Crippen LogP contribution is -2.38. The number of hydrogen-bond donors (Lipinski definition) is 1. The summed E-state index contributed by atoms with van der Waals surface area (Å²) in [5.41, 5.74) is 1.44. The molecule has 0 unspecified atom stereocenters. The number of carbonyl (C=O) groups excluding carboxylic acids is 1. The SMILES string of the molecule is CSc1ccccc1CN1CCC(CNC(=O)CSC2CCCC2)CC1. The molecule has 3 nitrogen and oxygen atoms in total. The van der Waals surface area contributed by atoms with E-state index in [4.69, 9.17) is 0 Å². The Bertz CT molecular complexity index is 567. The Hall–Kier alpha value is -0.650. The van der Waals surface area contributed by atoms with Gasteiger partial charge in [-0.05, 0) is 62.6 Å². The van der Waals surface area contributed by atoms with Gasteiger partial charge in [-0.2, -0.15) is 0 Å². The number of benzene rings is 1. The predicted octanol–water partition coefficient (Wildman–Crippen LogP) is 4.41. The molecule has 1 N–H and O–H groups in total. The second-order valence-electron chi connectivity index (χ2n) is 7.55. The Balaban J connectivity index is 1.32. The number of nitrogens with one attached hydrogen (secondary N) is 1. The van der Waals surface area contributed by atoms with Gasteiger partial charge in [0.1, 0.15) is 0 Å². The third kappa shape index (κ3) is 6.21. The van der Waals surface area contributed by atoms with E-state index in [1.807, 2.05) is 23.5 Å². The summed E-state index contributed by atoms with van der Waals surface area (Å²) in [4.78, 5) is 16.0. The van der Waals surface area contributed by atoms with Gasteiger partial charge >= 0.3 is 0 Å². The fourth-order valence-electron chi connectivity index (χ4n) is 3.98. The number of carbonyl (C=O) groups is 1. The van der Waals surface area contributed by atoms with Gasteiger partial charge in [-0.25, -0.2) is 0 Å². The summed E-state index contributed by atoms with van der Waals surface area (Å²) < 4.78 is 0. The van der Waals surface area contributed by atoms with E-state index in [1.165, 1.54) is 49.0 Å². The minimum absolute atomic E-state index is 0.234. The number of amides is 1. The summed E-state index contributed by atoms with van der Waals surface area (Å²) in [6, 6.07) is 8.72. The van der Waals surface area contributed by atoms with Crippen LogP contribution in [0.15, 0.2) is 29.2 Å². The van der Waals surface area contributed by atoms with Gasteiger partial charge in [-0.3, -0.25) is 9.69 Å². The molecule has 0 radical (unpaired) electrons. The average Bonchev–Trinajstić information content (AvgIpc) is 3.20. The Morgan fingerprint density at radius 1 is 1.15 bits per heavy atom. The fraction of sp³-hybridized carbons (Fsp3) is 0.667. The lowest BCUT2D eigenvalue weighted by molar-refractivity contribution is -0.118. The van der Waals surface area contributed by atoms with Crippen molar-refractivity contribution in [3.8, 4) is 0 Å². The van der Waals surface area contributed by atoms with Gasteiger partial charge in [0, 0.05) is 23.2 Å². The van der Waals surface area contributed by atoms with Crippen molar-refractivity contribution in [3.63, 3.8) is 0 Å². The molecule has 2 aliphatic rings. The van der Waals surface area contributed by atoms with Gasteiger partial charge < -0.3 is 5.32 Å². The summed E-state index contributed by atoms with van der Waals surface area (Å²) in [6.07, 6.45) is 9.83. The zero-order valence-corrected chi connectivity index (χ0v) is 17.5. The summed E-state index contributed by atoms with van der Waals surface area (Å²) in [5, 5.41) is 3.91. The largest absolute Gasteiger partial charge is 0.355 e. The van der Waals surface area contributed by atoms with Crippen LogP contribution in [-0.4, -0.2) is 47.7 Å². The molecule has 1 aromatic rings. The predicted molar refractivity (Wildman–Crippen MR) is 114 cm³/mol. The molecule has 0 atom stereocenters. The third-order valence-corrected chi connectivity index (χ3v) is 7.84. The maximum Gasteiger partial charge on any atom is 0.230 e. The monoisotopic (exact) mass is 392 g/mol. The van der Waals surface area contributed by atoms with Gasteiger partial charge in [-0.15, -0.1) is 23.5 Å². The molecule has 3 rings (SSSR count). The van der Waals surface area contributed by atoms with Crippen molar-refractivity contribution in [3.05, 3.63) is 29.8 Å². The van der Waals surface area contributed by atoms with Gasteiger partial charge in [0.2, 0.25) is 5.91 Å². The van der Waals surface area contributed by atoms with Crippen LogP contribution in [0.4, 0.5) is 0 Å². The zero-order valence-electron chi connectivity index (χ0n) is 15.9. The van der Waals surface area contributed by atoms with Crippen LogP contribution in [-0.2, 0) is 11.3 Å². The molecule has 144 valence electrons. The first-order chi connectivity index (χ1) is 12.7. The van der Waals surface area contributed by atoms with E-state index < -0.39 is 0 Å². The lowest BCUT2D eigenvalue weighted by atomic mass is 9.96. The van der Waals surface area contributed by atoms with E-state index in [0.717, 1.165) is 31.4 Å². The second-order valence-corrected chi connectivity index (χ2v) is 9.69. The first-order valence-corrected chi connectivity index (χ1v) is 12.2. The van der Waals surface area contributed by atoms with Crippen molar-refractivity contribution in [2.45, 2.75) is 55.2 Å². The minimum Gasteiger partial charge on any atom is -0.355 e. The van der Waals surface area contributed by atoms with Crippen molar-refractivity contribution in [2.75, 3.05) is 31.6 Å². The van der Waals surface area contributed by atoms with Crippen LogP contribution in [0.5, 0.6) is 0 Å². The van der Waals surface area contributed by atoms with Gasteiger partial charge in [0.15, 0.2) is 0 Å². The molecule has 1 aromatic carbocycles. The molecule has 26 heavy (non-hydrogen) atoms. The minimum atomic E-state index is 0.234. The van der Waals surface area contributed by atoms with Crippen molar-refractivity contribution >= 4 is 29.4 Å². The number of likely N-dealkylation sites (tertiary alicyclic amines) is 1. The highest BCUT2D eigenvalue weighted by Gasteiger charge is 2.21. The smallest absolute Gasteiger partial charge is 0.230 e. The zero-order chi connectivity index (χ0) is 18.2. The molecule has 1 aliphatic heterocycles. The van der Waals surface area contributed by atoms with Gasteiger partial charge in [-0.1, -0.05) is 31.0 Å². The van der Waals surface area contributed by atoms with Crippen LogP contribution in [0.1, 0.15) is 44.1 Å². The summed E-state index contributed by atoms with van der Waals surface area (Å²) in [7, 11) is 0. The number of thioether (sulfide) groups is 2. The molecule has 5 heteroatoms. The van der Waals surface area contributed by atoms with Crippen LogP contribution < -0.4 is 5.32 Å². The molecule has 1 aliphatic carbocycles. The fourth-order valence-corrected chi connectivity index (χ4v) is 5.75. The molecular formula is C21H32N2OS2. The van der Waals surface area contributed by atoms with Gasteiger partial charge in [0.05, 0.1) is 5.75 Å². The normalized spacial score (nSPS) is 19.7. The maximum absolute atomic E-state index is 12.1. The van der Waals surface area contributed by atoms with E-state index >= 15 is 0 Å². The number of rotatable bonds is 8. The van der Waals surface area contributed by atoms with Crippen LogP contribution in [0.3, 0.4) is 0 Å². The summed E-state index contributed by atoms with van der Waals surface area (Å²) in [6.45, 7) is 4.19. The Morgan fingerprint density at radius 3 is 2.62 bits per heavy atom. The highest BCUT2D eigenvalue weighted by Crippen LogP contribution is 2.29. The topological polar surface area (TPSA) is 32.3 Å². The van der Waals surface area contributed by atoms with E-state index in [1.54, 1.807) is 0 Å².